The number of nitro benzene ring substituents is 1. The zero-order valence-electron chi connectivity index (χ0n) is 16.8. The predicted octanol–water partition coefficient (Wildman–Crippen LogP) is 3.20. The number of ketones is 1. The SMILES string of the molecule is Cl.N[C@@](Cc1ccc(O)cc1)(C(=O)O)C(=O)c1ccccc1.Nc1ccc([N+](=O)[O-])cc1. The van der Waals surface area contributed by atoms with Gasteiger partial charge in [0.1, 0.15) is 5.75 Å². The third-order valence-corrected chi connectivity index (χ3v) is 4.35. The van der Waals surface area contributed by atoms with Gasteiger partial charge in [-0.05, 0) is 29.8 Å². The summed E-state index contributed by atoms with van der Waals surface area (Å²) in [6.45, 7) is 0. The van der Waals surface area contributed by atoms with Crippen molar-refractivity contribution >= 4 is 35.5 Å². The number of carboxylic acids is 1. The molecule has 9 nitrogen and oxygen atoms in total. The summed E-state index contributed by atoms with van der Waals surface area (Å²) in [4.78, 5) is 33.6. The monoisotopic (exact) mass is 459 g/mol. The quantitative estimate of drug-likeness (QED) is 0.143. The molecule has 0 aliphatic carbocycles. The van der Waals surface area contributed by atoms with Crippen molar-refractivity contribution in [2.45, 2.75) is 12.0 Å². The third kappa shape index (κ3) is 6.79. The highest BCUT2D eigenvalue weighted by Crippen LogP contribution is 2.19. The molecule has 0 fully saturated rings. The highest BCUT2D eigenvalue weighted by Gasteiger charge is 2.42. The molecule has 10 heteroatoms. The number of Topliss-reactive ketones (excluding diaryl/α,β-unsaturated/α-hetero) is 1. The van der Waals surface area contributed by atoms with E-state index in [0.29, 0.717) is 11.3 Å². The Morgan fingerprint density at radius 2 is 1.47 bits per heavy atom. The van der Waals surface area contributed by atoms with Crippen molar-refractivity contribution in [3.63, 3.8) is 0 Å². The highest BCUT2D eigenvalue weighted by molar-refractivity contribution is 6.16. The molecule has 0 heterocycles. The number of nitrogens with zero attached hydrogens (tertiary/aromatic N) is 1. The number of nitrogens with two attached hydrogens (primary N) is 2. The van der Waals surface area contributed by atoms with Crippen molar-refractivity contribution in [3.8, 4) is 5.75 Å². The lowest BCUT2D eigenvalue weighted by molar-refractivity contribution is -0.384. The molecular formula is C22H22ClN3O6. The lowest BCUT2D eigenvalue weighted by atomic mass is 9.84. The standard InChI is InChI=1S/C16H15NO4.C6H6N2O2.ClH/c17-16(15(20)21,10-11-6-8-13(18)9-7-11)14(19)12-4-2-1-3-5-12;7-5-1-3-6(4-2-5)8(9)10;/h1-9,18H,10,17H2,(H,20,21);1-4H,7H2;1H/t16-;;/m1../s1. The van der Waals surface area contributed by atoms with Gasteiger partial charge in [-0.15, -0.1) is 12.4 Å². The second kappa shape index (κ2) is 11.4. The fraction of sp³-hybridized carbons (Fsp3) is 0.0909. The molecule has 0 aromatic heterocycles. The predicted molar refractivity (Wildman–Crippen MR) is 122 cm³/mol. The molecule has 0 aliphatic rings. The normalized spacial score (nSPS) is 11.7. The Morgan fingerprint density at radius 3 is 1.94 bits per heavy atom. The Bertz CT molecular complexity index is 1060. The second-order valence-corrected chi connectivity index (χ2v) is 6.66. The van der Waals surface area contributed by atoms with E-state index in [9.17, 15) is 29.9 Å². The minimum absolute atomic E-state index is 0. The summed E-state index contributed by atoms with van der Waals surface area (Å²) >= 11 is 0. The van der Waals surface area contributed by atoms with Gasteiger partial charge in [0.25, 0.3) is 5.69 Å². The number of carboxylic acid groups (broad SMARTS) is 1. The summed E-state index contributed by atoms with van der Waals surface area (Å²) < 4.78 is 0. The summed E-state index contributed by atoms with van der Waals surface area (Å²) in [7, 11) is 0. The summed E-state index contributed by atoms with van der Waals surface area (Å²) in [6.07, 6.45) is -0.156. The molecule has 0 bridgehead atoms. The van der Waals surface area contributed by atoms with Gasteiger partial charge in [-0.25, -0.2) is 4.79 Å². The zero-order chi connectivity index (χ0) is 23.0. The van der Waals surface area contributed by atoms with Gasteiger partial charge in [0.05, 0.1) is 4.92 Å². The van der Waals surface area contributed by atoms with Crippen LogP contribution in [0.15, 0.2) is 78.9 Å². The van der Waals surface area contributed by atoms with Gasteiger partial charge < -0.3 is 21.7 Å². The average Bonchev–Trinajstić information content (AvgIpc) is 2.76. The Kier molecular flexibility index (Phi) is 9.33. The number of phenols is 1. The lowest BCUT2D eigenvalue weighted by Gasteiger charge is -2.23. The first-order valence-corrected chi connectivity index (χ1v) is 9.03. The van der Waals surface area contributed by atoms with E-state index in [4.69, 9.17) is 11.5 Å². The van der Waals surface area contributed by atoms with Crippen LogP contribution in [0, 0.1) is 10.1 Å². The number of carbonyl (C=O) groups excluding carboxylic acids is 1. The summed E-state index contributed by atoms with van der Waals surface area (Å²) in [5.74, 6) is -1.97. The topological polar surface area (TPSA) is 170 Å². The molecule has 0 radical (unpaired) electrons. The molecule has 168 valence electrons. The van der Waals surface area contributed by atoms with Crippen molar-refractivity contribution < 1.29 is 24.7 Å². The maximum atomic E-state index is 12.4. The molecule has 6 N–H and O–H groups in total. The number of benzene rings is 3. The van der Waals surface area contributed by atoms with Crippen LogP contribution in [-0.2, 0) is 11.2 Å². The fourth-order valence-electron chi connectivity index (χ4n) is 2.63. The van der Waals surface area contributed by atoms with Crippen molar-refractivity contribution in [3.05, 3.63) is 100 Å². The van der Waals surface area contributed by atoms with Crippen LogP contribution in [-0.4, -0.2) is 32.4 Å². The van der Waals surface area contributed by atoms with Crippen LogP contribution < -0.4 is 11.5 Å². The summed E-state index contributed by atoms with van der Waals surface area (Å²) in [5.41, 5.74) is 10.5. The van der Waals surface area contributed by atoms with Crippen molar-refractivity contribution in [1.82, 2.24) is 0 Å². The van der Waals surface area contributed by atoms with E-state index >= 15 is 0 Å². The molecule has 0 spiro atoms. The molecule has 0 saturated heterocycles. The molecule has 0 saturated carbocycles. The maximum Gasteiger partial charge on any atom is 0.332 e. The number of aliphatic carboxylic acids is 1. The number of non-ortho nitro benzene ring substituents is 1. The number of hydrogen-bond acceptors (Lipinski definition) is 7. The molecule has 1 atom stereocenters. The van der Waals surface area contributed by atoms with Crippen LogP contribution in [0.5, 0.6) is 5.75 Å². The van der Waals surface area contributed by atoms with E-state index in [1.165, 1.54) is 60.7 Å². The van der Waals surface area contributed by atoms with Gasteiger partial charge >= 0.3 is 5.97 Å². The van der Waals surface area contributed by atoms with Gasteiger partial charge in [-0.3, -0.25) is 14.9 Å². The van der Waals surface area contributed by atoms with E-state index in [2.05, 4.69) is 0 Å². The Hall–Kier alpha value is -3.95. The van der Waals surface area contributed by atoms with Crippen LogP contribution in [0.25, 0.3) is 0 Å². The minimum Gasteiger partial charge on any atom is -0.508 e. The number of carbonyl (C=O) groups is 2. The minimum atomic E-state index is -2.04. The number of anilines is 1. The Balaban J connectivity index is 0.000000393. The number of phenolic OH excluding ortho intramolecular Hbond substituents is 1. The molecule has 0 amide bonds. The number of nitrogen functional groups attached to an aromatic ring is 1. The Labute approximate surface area is 189 Å². The van der Waals surface area contributed by atoms with Crippen LogP contribution in [0.3, 0.4) is 0 Å². The number of hydrogen-bond donors (Lipinski definition) is 4. The van der Waals surface area contributed by atoms with Crippen LogP contribution >= 0.6 is 12.4 Å². The van der Waals surface area contributed by atoms with Gasteiger partial charge in [0, 0.05) is 29.8 Å². The highest BCUT2D eigenvalue weighted by atomic mass is 35.5. The molecule has 0 unspecified atom stereocenters. The number of rotatable bonds is 6. The first-order chi connectivity index (χ1) is 14.6. The molecule has 3 aromatic rings. The van der Waals surface area contributed by atoms with Gasteiger partial charge in [-0.2, -0.15) is 0 Å². The lowest BCUT2D eigenvalue weighted by Crippen LogP contribution is -2.56. The number of aromatic hydroxyl groups is 1. The van der Waals surface area contributed by atoms with Gasteiger partial charge in [0.2, 0.25) is 0 Å². The molecular weight excluding hydrogens is 438 g/mol. The van der Waals surface area contributed by atoms with E-state index in [1.807, 2.05) is 0 Å². The first kappa shape index (κ1) is 26.1. The zero-order valence-corrected chi connectivity index (χ0v) is 17.6. The molecule has 32 heavy (non-hydrogen) atoms. The summed E-state index contributed by atoms with van der Waals surface area (Å²) in [6, 6.07) is 19.8. The van der Waals surface area contributed by atoms with Crippen LogP contribution in [0.2, 0.25) is 0 Å². The third-order valence-electron chi connectivity index (χ3n) is 4.35. The maximum absolute atomic E-state index is 12.4. The second-order valence-electron chi connectivity index (χ2n) is 6.66. The van der Waals surface area contributed by atoms with Gasteiger partial charge in [-0.1, -0.05) is 42.5 Å². The van der Waals surface area contributed by atoms with Gasteiger partial charge in [0.15, 0.2) is 11.3 Å². The van der Waals surface area contributed by atoms with Crippen molar-refractivity contribution in [2.24, 2.45) is 5.73 Å². The molecule has 3 aromatic carbocycles. The Morgan fingerprint density at radius 1 is 0.938 bits per heavy atom. The summed E-state index contributed by atoms with van der Waals surface area (Å²) in [5, 5.41) is 28.7. The molecule has 3 rings (SSSR count). The molecule has 0 aliphatic heterocycles. The first-order valence-electron chi connectivity index (χ1n) is 9.03. The van der Waals surface area contributed by atoms with Crippen molar-refractivity contribution in [2.75, 3.05) is 5.73 Å². The van der Waals surface area contributed by atoms with Crippen LogP contribution in [0.1, 0.15) is 15.9 Å². The number of nitro groups is 1. The van der Waals surface area contributed by atoms with E-state index in [-0.39, 0.29) is 35.8 Å². The smallest absolute Gasteiger partial charge is 0.332 e. The number of halogens is 1. The fourth-order valence-corrected chi connectivity index (χ4v) is 2.63. The van der Waals surface area contributed by atoms with E-state index < -0.39 is 22.2 Å². The van der Waals surface area contributed by atoms with E-state index in [1.54, 1.807) is 18.2 Å². The largest absolute Gasteiger partial charge is 0.508 e. The van der Waals surface area contributed by atoms with Crippen LogP contribution in [0.4, 0.5) is 11.4 Å². The van der Waals surface area contributed by atoms with Crippen molar-refractivity contribution in [1.29, 1.82) is 0 Å². The average molecular weight is 460 g/mol. The van der Waals surface area contributed by atoms with E-state index in [0.717, 1.165) is 0 Å².